The Morgan fingerprint density at radius 2 is 0.853 bits per heavy atom. The molecule has 0 saturated carbocycles. The van der Waals surface area contributed by atoms with Crippen molar-refractivity contribution in [1.29, 1.82) is 10.8 Å². The normalized spacial score (nSPS) is 14.9. The van der Waals surface area contributed by atoms with Gasteiger partial charge in [-0.2, -0.15) is 11.8 Å². The van der Waals surface area contributed by atoms with Gasteiger partial charge in [-0.25, -0.2) is 4.98 Å². The Kier molecular flexibility index (Phi) is 46.4. The summed E-state index contributed by atoms with van der Waals surface area (Å²) in [6.07, 6.45) is -1.00. The second-order valence-corrected chi connectivity index (χ2v) is 33.6. The standard InChI is InChI=1S/C85H126N28O22S/c1-41(2)29-57(106-70(122)42(3)101-83(135)68(45(6)116)113-81(133)63(35-65(88)119)107-72(124)52(86)39-114)76(128)105-55(19-13-26-95-84(90)91)73(125)104-56(20-14-27-96-85(92)93)74(126)108-59(31-47-21-23-50(117)24-22-47)78(130)111-62(34-64(87)118)80(132)110-60(32-48-36-97-53-18-12-11-17-51(48)53)75(127)100-43(4)71(123)112-67(44(5)115)82(134)98-38-66(120)102-61(33-49-37-94-40-99-49)79(131)109-58(30-46-15-9-8-10-16-46)77(129)103-54(69(89)121)25-28-136-7/h8-12,15-18,21-24,36-37,40-45,52,54-63,67-68,97,114-117H,13-14,19-20,25-35,38-39,86H2,1-7H3,(H2,87,118)(H2,88,119)(H2,89,121)(H,94,99)(H,98,134)(H,100,127)(H,101,135)(H,102,120)(H,103,129)(H,104,125)(H,105,128)(H,106,122)(H,107,124)(H,108,126)(H,109,131)(H,110,132)(H,111,130)(H,112,123)(H,113,133)(H4,90,91,95)(H4,92,93,96)/t42-,43-,44+,45+,52-,54-,55-,56-,57-,58-,59-,60-,61-,62-,63-,67-,68-/m0/s1. The van der Waals surface area contributed by atoms with Gasteiger partial charge in [0.1, 0.15) is 96.4 Å². The van der Waals surface area contributed by atoms with Crippen molar-refractivity contribution in [3.8, 4) is 5.75 Å². The molecule has 51 heteroatoms. The van der Waals surface area contributed by atoms with E-state index in [4.69, 9.17) is 45.2 Å². The van der Waals surface area contributed by atoms with Gasteiger partial charge in [0, 0.05) is 62.1 Å². The van der Waals surface area contributed by atoms with Crippen molar-refractivity contribution in [3.05, 3.63) is 120 Å². The number of nitrogens with zero attached hydrogens (tertiary/aromatic N) is 1. The molecule has 17 atom stereocenters. The molecule has 0 bridgehead atoms. The molecule has 37 N–H and O–H groups in total. The molecule has 5 rings (SSSR count). The van der Waals surface area contributed by atoms with E-state index in [-0.39, 0.29) is 93.8 Å². The third-order valence-electron chi connectivity index (χ3n) is 20.8. The minimum absolute atomic E-state index is 0.0230. The Bertz CT molecular complexity index is 4950. The summed E-state index contributed by atoms with van der Waals surface area (Å²) < 4.78 is 0. The fourth-order valence-corrected chi connectivity index (χ4v) is 14.0. The van der Waals surface area contributed by atoms with E-state index in [2.05, 4.69) is 105 Å². The van der Waals surface area contributed by atoms with Crippen LogP contribution in [0.4, 0.5) is 0 Å². The second-order valence-electron chi connectivity index (χ2n) is 32.6. The smallest absolute Gasteiger partial charge is 0.245 e. The number of carbonyl (C=O) groups is 18. The van der Waals surface area contributed by atoms with Gasteiger partial charge < -0.3 is 155 Å². The SMILES string of the molecule is CSCC[C@H](NC(=O)[C@H](Cc1ccccc1)NC(=O)[C@H](Cc1c[nH]cn1)NC(=O)CNC(=O)[C@@H](NC(=O)[C@H](C)NC(=O)[C@H](Cc1c[nH]c2ccccc12)NC(=O)[C@H](CC(N)=O)NC(=O)[C@H](Cc1ccc(O)cc1)NC(=O)[C@H](CCCNC(=N)N)NC(=O)[C@H](CCCNC(=N)N)NC(=O)[C@H](CC(C)C)NC(=O)[C@H](C)NC(=O)[C@@H](NC(=O)[C@H](CC(N)=O)NC(=O)[C@@H](N)CO)[C@@H](C)O)[C@@H](C)O)C(N)=O. The van der Waals surface area contributed by atoms with E-state index < -0.39 is 253 Å². The predicted octanol–water partition coefficient (Wildman–Crippen LogP) is -9.55. The molecule has 0 fully saturated rings. The highest BCUT2D eigenvalue weighted by Gasteiger charge is 2.40. The molecule has 3 aromatic carbocycles. The van der Waals surface area contributed by atoms with Gasteiger partial charge >= 0.3 is 0 Å². The fraction of sp³-hybridized carbons (Fsp3) is 0.494. The summed E-state index contributed by atoms with van der Waals surface area (Å²) >= 11 is 1.41. The summed E-state index contributed by atoms with van der Waals surface area (Å²) in [5, 5.41) is 99.1. The van der Waals surface area contributed by atoms with Crippen LogP contribution in [-0.2, 0) is 112 Å². The maximum Gasteiger partial charge on any atom is 0.245 e. The Hall–Kier alpha value is -14.6. The summed E-state index contributed by atoms with van der Waals surface area (Å²) in [6.45, 7) is 5.99. The number of primary amides is 3. The molecule has 0 radical (unpaired) electrons. The van der Waals surface area contributed by atoms with Crippen LogP contribution in [0, 0.1) is 16.7 Å². The van der Waals surface area contributed by atoms with E-state index in [9.17, 15) is 97.1 Å². The lowest BCUT2D eigenvalue weighted by Gasteiger charge is -2.28. The quantitative estimate of drug-likeness (QED) is 0.00976. The number of fused-ring (bicyclic) bond motifs is 1. The molecule has 2 aromatic heterocycles. The number of H-pyrrole nitrogens is 2. The first-order valence-corrected chi connectivity index (χ1v) is 44.8. The Morgan fingerprint density at radius 3 is 1.35 bits per heavy atom. The number of phenolic OH excluding ortho intramolecular Hbond substituents is 1. The zero-order valence-corrected chi connectivity index (χ0v) is 76.9. The molecule has 50 nitrogen and oxygen atoms in total. The van der Waals surface area contributed by atoms with E-state index in [1.807, 2.05) is 0 Å². The van der Waals surface area contributed by atoms with Crippen LogP contribution in [0.2, 0.25) is 0 Å². The third-order valence-corrected chi connectivity index (χ3v) is 21.4. The number of aromatic nitrogens is 3. The molecule has 0 saturated heterocycles. The van der Waals surface area contributed by atoms with Crippen LogP contribution >= 0.6 is 11.8 Å². The van der Waals surface area contributed by atoms with E-state index in [1.165, 1.54) is 68.6 Å². The number of amides is 18. The molecule has 0 aliphatic carbocycles. The van der Waals surface area contributed by atoms with Crippen LogP contribution in [0.3, 0.4) is 0 Å². The van der Waals surface area contributed by atoms with Crippen LogP contribution in [0.25, 0.3) is 10.9 Å². The van der Waals surface area contributed by atoms with Crippen molar-refractivity contribution < 1.29 is 107 Å². The molecule has 0 spiro atoms. The number of para-hydroxylation sites is 1. The number of aliphatic hydroxyl groups excluding tert-OH is 3. The molecule has 5 aromatic rings. The summed E-state index contributed by atoms with van der Waals surface area (Å²) in [6, 6.07) is -3.99. The van der Waals surface area contributed by atoms with Gasteiger partial charge in [0.15, 0.2) is 11.9 Å². The number of carbonyl (C=O) groups excluding carboxylic acids is 18. The minimum atomic E-state index is -2.01. The number of benzene rings is 3. The van der Waals surface area contributed by atoms with Gasteiger partial charge in [0.2, 0.25) is 106 Å². The number of aromatic hydroxyl groups is 1. The molecular weight excluding hydrogens is 1800 g/mol. The van der Waals surface area contributed by atoms with E-state index in [1.54, 1.807) is 74.7 Å². The highest BCUT2D eigenvalue weighted by Crippen LogP contribution is 2.21. The first-order valence-electron chi connectivity index (χ1n) is 43.4. The number of nitrogens with two attached hydrogens (primary N) is 6. The monoisotopic (exact) mass is 1920 g/mol. The van der Waals surface area contributed by atoms with E-state index >= 15 is 9.59 Å². The van der Waals surface area contributed by atoms with Crippen molar-refractivity contribution in [1.82, 2.24) is 105 Å². The number of hydrogen-bond acceptors (Lipinski definition) is 27. The van der Waals surface area contributed by atoms with Gasteiger partial charge in [0.25, 0.3) is 0 Å². The molecule has 0 aliphatic heterocycles. The predicted molar refractivity (Wildman–Crippen MR) is 494 cm³/mol. The van der Waals surface area contributed by atoms with Crippen molar-refractivity contribution in [2.45, 2.75) is 221 Å². The molecule has 2 heterocycles. The molecular formula is C85H126N28O22S. The number of nitrogens with one attached hydrogen (secondary N) is 21. The van der Waals surface area contributed by atoms with Gasteiger partial charge in [-0.1, -0.05) is 74.5 Å². The Morgan fingerprint density at radius 1 is 0.434 bits per heavy atom. The highest BCUT2D eigenvalue weighted by atomic mass is 32.2. The third kappa shape index (κ3) is 38.9. The van der Waals surface area contributed by atoms with Gasteiger partial charge in [-0.05, 0) is 119 Å². The first kappa shape index (κ1) is 112. The number of imidazole rings is 1. The zero-order valence-electron chi connectivity index (χ0n) is 76.1. The van der Waals surface area contributed by atoms with E-state index in [0.717, 1.165) is 13.8 Å². The Balaban J connectivity index is 1.40. The average molecular weight is 1920 g/mol. The lowest BCUT2D eigenvalue weighted by Crippen LogP contribution is -2.62. The summed E-state index contributed by atoms with van der Waals surface area (Å²) in [5.41, 5.74) is 35.4. The lowest BCUT2D eigenvalue weighted by atomic mass is 10.0. The van der Waals surface area contributed by atoms with Crippen LogP contribution < -0.4 is 125 Å². The number of rotatable bonds is 59. The topological polar surface area (TPSA) is 841 Å². The number of guanidine groups is 2. The second kappa shape index (κ2) is 56.4. The zero-order chi connectivity index (χ0) is 101. The summed E-state index contributed by atoms with van der Waals surface area (Å²) in [4.78, 5) is 260. The lowest BCUT2D eigenvalue weighted by molar-refractivity contribution is -0.137. The van der Waals surface area contributed by atoms with Crippen LogP contribution in [0.15, 0.2) is 97.6 Å². The Labute approximate surface area is 786 Å². The molecule has 18 amide bonds. The average Bonchev–Trinajstić information content (AvgIpc) is 1.63. The number of phenols is 1. The maximum atomic E-state index is 15.1. The van der Waals surface area contributed by atoms with Gasteiger partial charge in [-0.3, -0.25) is 97.1 Å². The number of thioether (sulfide) groups is 1. The van der Waals surface area contributed by atoms with Gasteiger partial charge in [0.05, 0.1) is 50.2 Å². The molecule has 136 heavy (non-hydrogen) atoms. The number of aromatic amines is 2. The maximum absolute atomic E-state index is 15.1. The minimum Gasteiger partial charge on any atom is -0.508 e. The van der Waals surface area contributed by atoms with Crippen molar-refractivity contribution in [2.75, 3.05) is 38.2 Å². The van der Waals surface area contributed by atoms with Crippen LogP contribution in [0.1, 0.15) is 115 Å². The van der Waals surface area contributed by atoms with Crippen molar-refractivity contribution >= 4 is 141 Å². The molecule has 0 unspecified atom stereocenters. The van der Waals surface area contributed by atoms with E-state index in [0.29, 0.717) is 27.8 Å². The summed E-state index contributed by atoms with van der Waals surface area (Å²) in [7, 11) is 0. The fourth-order valence-electron chi connectivity index (χ4n) is 13.5. The highest BCUT2D eigenvalue weighted by molar-refractivity contribution is 7.98. The van der Waals surface area contributed by atoms with Crippen LogP contribution in [-0.4, -0.2) is 295 Å². The largest absolute Gasteiger partial charge is 0.508 e. The molecule has 744 valence electrons. The first-order chi connectivity index (χ1) is 64.3. The van der Waals surface area contributed by atoms with Crippen molar-refractivity contribution in [3.63, 3.8) is 0 Å². The molecule has 0 aliphatic rings. The van der Waals surface area contributed by atoms with Gasteiger partial charge in [-0.15, -0.1) is 0 Å². The number of aliphatic hydroxyl groups is 3. The van der Waals surface area contributed by atoms with Crippen LogP contribution in [0.5, 0.6) is 5.75 Å². The summed E-state index contributed by atoms with van der Waals surface area (Å²) in [5.74, 6) is -20.4. The number of hydrogen-bond donors (Lipinski definition) is 31. The van der Waals surface area contributed by atoms with Crippen molar-refractivity contribution in [2.24, 2.45) is 40.3 Å².